The van der Waals surface area contributed by atoms with Gasteiger partial charge < -0.3 is 9.15 Å². The van der Waals surface area contributed by atoms with Gasteiger partial charge in [-0.15, -0.1) is 0 Å². The van der Waals surface area contributed by atoms with Gasteiger partial charge in [-0.1, -0.05) is 0 Å². The van der Waals surface area contributed by atoms with Crippen LogP contribution in [0.2, 0.25) is 0 Å². The lowest BCUT2D eigenvalue weighted by molar-refractivity contribution is 0.134. The van der Waals surface area contributed by atoms with E-state index >= 15 is 0 Å². The Morgan fingerprint density at radius 1 is 1.15 bits per heavy atom. The molecule has 2 heterocycles. The first-order valence-electron chi connectivity index (χ1n) is 8.30. The smallest absolute Gasteiger partial charge is 0.339 e. The monoisotopic (exact) mass is 381 g/mol. The second-order valence-corrected chi connectivity index (χ2v) is 8.26. The van der Waals surface area contributed by atoms with Gasteiger partial charge in [0.1, 0.15) is 23.4 Å². The Kier molecular flexibility index (Phi) is 5.15. The van der Waals surface area contributed by atoms with Gasteiger partial charge in [0.25, 0.3) is 0 Å². The molecule has 1 saturated heterocycles. The lowest BCUT2D eigenvalue weighted by atomic mass is 10.1. The second kappa shape index (κ2) is 7.20. The van der Waals surface area contributed by atoms with E-state index in [4.69, 9.17) is 9.15 Å². The van der Waals surface area contributed by atoms with Gasteiger partial charge in [-0.05, 0) is 50.5 Å². The number of sulfonamides is 1. The van der Waals surface area contributed by atoms with E-state index in [1.54, 1.807) is 19.9 Å². The molecule has 0 saturated carbocycles. The molecule has 8 heteroatoms. The van der Waals surface area contributed by atoms with Crippen LogP contribution in [0.15, 0.2) is 44.4 Å². The molecule has 140 valence electrons. The fourth-order valence-electron chi connectivity index (χ4n) is 3.07. The van der Waals surface area contributed by atoms with E-state index in [0.717, 1.165) is 6.07 Å². The third-order valence-electron chi connectivity index (χ3n) is 4.33. The first-order chi connectivity index (χ1) is 12.3. The van der Waals surface area contributed by atoms with Gasteiger partial charge in [0, 0.05) is 19.2 Å². The van der Waals surface area contributed by atoms with Crippen LogP contribution in [0.25, 0.3) is 0 Å². The molecule has 0 radical (unpaired) electrons. The molecule has 0 amide bonds. The van der Waals surface area contributed by atoms with Gasteiger partial charge >= 0.3 is 5.63 Å². The van der Waals surface area contributed by atoms with Crippen LogP contribution in [0, 0.1) is 19.7 Å². The molecule has 0 bridgehead atoms. The molecular formula is C18H20FNO5S. The lowest BCUT2D eigenvalue weighted by Gasteiger charge is -2.31. The number of aryl methyl sites for hydroxylation is 2. The third-order valence-corrected chi connectivity index (χ3v) is 6.38. The number of piperidine rings is 1. The SMILES string of the molecule is Cc1cc(OC2CCN(S(=O)(=O)c3ccc(F)cc3C)CC2)cc(=O)o1. The quantitative estimate of drug-likeness (QED) is 0.814. The summed E-state index contributed by atoms with van der Waals surface area (Å²) >= 11 is 0. The maximum Gasteiger partial charge on any atom is 0.339 e. The third kappa shape index (κ3) is 3.96. The molecule has 2 aromatic rings. The van der Waals surface area contributed by atoms with E-state index < -0.39 is 21.5 Å². The number of ether oxygens (including phenoxy) is 1. The Bertz CT molecular complexity index is 962. The van der Waals surface area contributed by atoms with E-state index in [1.807, 2.05) is 0 Å². The molecule has 1 aliphatic rings. The Morgan fingerprint density at radius 3 is 2.46 bits per heavy atom. The van der Waals surface area contributed by atoms with Crippen molar-refractivity contribution in [2.75, 3.05) is 13.1 Å². The summed E-state index contributed by atoms with van der Waals surface area (Å²) in [7, 11) is -3.67. The maximum absolute atomic E-state index is 13.2. The molecule has 0 spiro atoms. The summed E-state index contributed by atoms with van der Waals surface area (Å²) in [6.07, 6.45) is 0.814. The molecule has 3 rings (SSSR count). The zero-order valence-electron chi connectivity index (χ0n) is 14.6. The first kappa shape index (κ1) is 18.6. The Labute approximate surface area is 151 Å². The standard InChI is InChI=1S/C18H20FNO5S/c1-12-9-14(19)3-4-17(12)26(22,23)20-7-5-15(6-8-20)25-16-10-13(2)24-18(21)11-16/h3-4,9-11,15H,5-8H2,1-2H3. The molecule has 1 fully saturated rings. The molecule has 1 aromatic heterocycles. The zero-order chi connectivity index (χ0) is 18.9. The minimum Gasteiger partial charge on any atom is -0.490 e. The first-order valence-corrected chi connectivity index (χ1v) is 9.74. The second-order valence-electron chi connectivity index (χ2n) is 6.35. The highest BCUT2D eigenvalue weighted by molar-refractivity contribution is 7.89. The number of benzene rings is 1. The number of hydrogen-bond donors (Lipinski definition) is 0. The molecule has 0 unspecified atom stereocenters. The number of halogens is 1. The predicted octanol–water partition coefficient (Wildman–Crippen LogP) is 2.63. The molecule has 6 nitrogen and oxygen atoms in total. The highest BCUT2D eigenvalue weighted by Crippen LogP contribution is 2.25. The summed E-state index contributed by atoms with van der Waals surface area (Å²) in [6, 6.07) is 6.57. The summed E-state index contributed by atoms with van der Waals surface area (Å²) in [4.78, 5) is 11.5. The van der Waals surface area contributed by atoms with Crippen LogP contribution in [-0.4, -0.2) is 31.9 Å². The van der Waals surface area contributed by atoms with Gasteiger partial charge in [0.2, 0.25) is 10.0 Å². The Hall–Kier alpha value is -2.19. The van der Waals surface area contributed by atoms with E-state index in [1.165, 1.54) is 22.5 Å². The van der Waals surface area contributed by atoms with Crippen molar-refractivity contribution in [3.8, 4) is 5.75 Å². The summed E-state index contributed by atoms with van der Waals surface area (Å²) in [5.41, 5.74) is -0.0957. The Balaban J connectivity index is 1.68. The van der Waals surface area contributed by atoms with Gasteiger partial charge in [-0.2, -0.15) is 4.31 Å². The largest absolute Gasteiger partial charge is 0.490 e. The summed E-state index contributed by atoms with van der Waals surface area (Å²) in [6.45, 7) is 3.83. The van der Waals surface area contributed by atoms with Crippen LogP contribution >= 0.6 is 0 Å². The number of hydrogen-bond acceptors (Lipinski definition) is 5. The average Bonchev–Trinajstić information content (AvgIpc) is 2.54. The normalized spacial score (nSPS) is 16.6. The van der Waals surface area contributed by atoms with Crippen LogP contribution in [0.3, 0.4) is 0 Å². The molecule has 1 aromatic carbocycles. The van der Waals surface area contributed by atoms with Crippen molar-refractivity contribution in [1.82, 2.24) is 4.31 Å². The Morgan fingerprint density at radius 2 is 1.85 bits per heavy atom. The maximum atomic E-state index is 13.2. The summed E-state index contributed by atoms with van der Waals surface area (Å²) in [5.74, 6) is 0.421. The highest BCUT2D eigenvalue weighted by Gasteiger charge is 2.31. The molecule has 0 aliphatic carbocycles. The fraction of sp³-hybridized carbons (Fsp3) is 0.389. The van der Waals surface area contributed by atoms with Gasteiger partial charge in [-0.25, -0.2) is 17.6 Å². The molecular weight excluding hydrogens is 361 g/mol. The van der Waals surface area contributed by atoms with E-state index in [2.05, 4.69) is 0 Å². The molecule has 26 heavy (non-hydrogen) atoms. The van der Waals surface area contributed by atoms with Crippen molar-refractivity contribution in [3.05, 3.63) is 57.9 Å². The lowest BCUT2D eigenvalue weighted by Crippen LogP contribution is -2.42. The predicted molar refractivity (Wildman–Crippen MR) is 93.3 cm³/mol. The van der Waals surface area contributed by atoms with E-state index in [0.29, 0.717) is 43.0 Å². The van der Waals surface area contributed by atoms with Crippen molar-refractivity contribution in [2.24, 2.45) is 0 Å². The zero-order valence-corrected chi connectivity index (χ0v) is 15.4. The summed E-state index contributed by atoms with van der Waals surface area (Å²) < 4.78 is 50.9. The van der Waals surface area contributed by atoms with Crippen LogP contribution < -0.4 is 10.4 Å². The fourth-order valence-corrected chi connectivity index (χ4v) is 4.74. The number of nitrogens with zero attached hydrogens (tertiary/aromatic N) is 1. The molecule has 0 atom stereocenters. The van der Waals surface area contributed by atoms with Gasteiger partial charge in [0.15, 0.2) is 0 Å². The van der Waals surface area contributed by atoms with Crippen molar-refractivity contribution < 1.29 is 22.0 Å². The minimum atomic E-state index is -3.67. The average molecular weight is 381 g/mol. The van der Waals surface area contributed by atoms with Gasteiger partial charge in [-0.3, -0.25) is 0 Å². The topological polar surface area (TPSA) is 76.8 Å². The van der Waals surface area contributed by atoms with Crippen LogP contribution in [-0.2, 0) is 10.0 Å². The highest BCUT2D eigenvalue weighted by atomic mass is 32.2. The summed E-state index contributed by atoms with van der Waals surface area (Å²) in [5, 5.41) is 0. The van der Waals surface area contributed by atoms with Gasteiger partial charge in [0.05, 0.1) is 11.0 Å². The van der Waals surface area contributed by atoms with E-state index in [9.17, 15) is 17.6 Å². The van der Waals surface area contributed by atoms with Crippen LogP contribution in [0.5, 0.6) is 5.75 Å². The van der Waals surface area contributed by atoms with Crippen molar-refractivity contribution in [2.45, 2.75) is 37.7 Å². The molecule has 0 N–H and O–H groups in total. The minimum absolute atomic E-state index is 0.120. The molecule has 1 aliphatic heterocycles. The van der Waals surface area contributed by atoms with Crippen molar-refractivity contribution in [1.29, 1.82) is 0 Å². The number of rotatable bonds is 4. The van der Waals surface area contributed by atoms with Crippen molar-refractivity contribution >= 4 is 10.0 Å². The van der Waals surface area contributed by atoms with Crippen LogP contribution in [0.4, 0.5) is 4.39 Å². The van der Waals surface area contributed by atoms with E-state index in [-0.39, 0.29) is 11.0 Å². The van der Waals surface area contributed by atoms with Crippen molar-refractivity contribution in [3.63, 3.8) is 0 Å². The van der Waals surface area contributed by atoms with Crippen LogP contribution in [0.1, 0.15) is 24.2 Å².